The van der Waals surface area contributed by atoms with E-state index in [-0.39, 0.29) is 18.7 Å². The summed E-state index contributed by atoms with van der Waals surface area (Å²) >= 11 is 0. The molecule has 0 saturated carbocycles. The molecule has 0 aromatic heterocycles. The summed E-state index contributed by atoms with van der Waals surface area (Å²) in [5, 5.41) is 15.2. The van der Waals surface area contributed by atoms with Crippen molar-refractivity contribution in [2.75, 3.05) is 25.0 Å². The molecule has 118 valence electrons. The number of rotatable bonds is 7. The smallest absolute Gasteiger partial charge is 0.322 e. The van der Waals surface area contributed by atoms with Gasteiger partial charge in [-0.2, -0.15) is 0 Å². The minimum Gasteiger partial charge on any atom is -0.395 e. The largest absolute Gasteiger partial charge is 0.395 e. The number of aliphatic hydroxyl groups excluding tert-OH is 1. The molecule has 5 heteroatoms. The minimum atomic E-state index is -0.188. The van der Waals surface area contributed by atoms with E-state index in [2.05, 4.69) is 24.5 Å². The first-order valence-corrected chi connectivity index (χ1v) is 7.51. The van der Waals surface area contributed by atoms with E-state index in [0.29, 0.717) is 12.6 Å². The van der Waals surface area contributed by atoms with E-state index in [1.165, 1.54) is 5.56 Å². The highest BCUT2D eigenvalue weighted by molar-refractivity contribution is 5.89. The Kier molecular flexibility index (Phi) is 7.19. The summed E-state index contributed by atoms with van der Waals surface area (Å²) in [6.45, 7) is 9.26. The number of nitrogens with zero attached hydrogens (tertiary/aromatic N) is 1. The number of nitrogens with one attached hydrogen (secondary N) is 2. The Morgan fingerprint density at radius 3 is 2.33 bits per heavy atom. The number of hydrogen-bond donors (Lipinski definition) is 3. The van der Waals surface area contributed by atoms with Gasteiger partial charge in [-0.3, -0.25) is 0 Å². The maximum Gasteiger partial charge on any atom is 0.322 e. The van der Waals surface area contributed by atoms with Crippen LogP contribution in [0.5, 0.6) is 0 Å². The number of urea groups is 1. The lowest BCUT2D eigenvalue weighted by molar-refractivity contribution is 0.172. The zero-order chi connectivity index (χ0) is 15.8. The van der Waals surface area contributed by atoms with Crippen LogP contribution in [-0.4, -0.2) is 41.8 Å². The molecule has 0 heterocycles. The molecule has 1 unspecified atom stereocenters. The third-order valence-electron chi connectivity index (χ3n) is 3.40. The fraction of sp³-hybridized carbons (Fsp3) is 0.562. The quantitative estimate of drug-likeness (QED) is 0.724. The average Bonchev–Trinajstić information content (AvgIpc) is 2.45. The Morgan fingerprint density at radius 1 is 1.24 bits per heavy atom. The van der Waals surface area contributed by atoms with Gasteiger partial charge in [0.15, 0.2) is 0 Å². The van der Waals surface area contributed by atoms with Crippen LogP contribution >= 0.6 is 0 Å². The maximum absolute atomic E-state index is 12.2. The first-order chi connectivity index (χ1) is 9.99. The van der Waals surface area contributed by atoms with Gasteiger partial charge in [0, 0.05) is 24.3 Å². The van der Waals surface area contributed by atoms with Crippen LogP contribution in [-0.2, 0) is 0 Å². The van der Waals surface area contributed by atoms with Gasteiger partial charge in [-0.15, -0.1) is 0 Å². The van der Waals surface area contributed by atoms with E-state index >= 15 is 0 Å². The molecule has 0 saturated heterocycles. The predicted molar refractivity (Wildman–Crippen MR) is 86.5 cm³/mol. The number of anilines is 1. The molecular formula is C16H27N3O2. The molecule has 1 aromatic carbocycles. The van der Waals surface area contributed by atoms with Crippen LogP contribution < -0.4 is 10.6 Å². The highest BCUT2D eigenvalue weighted by Gasteiger charge is 2.16. The molecule has 1 rings (SSSR count). The number of amides is 2. The topological polar surface area (TPSA) is 64.6 Å². The van der Waals surface area contributed by atoms with Crippen molar-refractivity contribution in [3.05, 3.63) is 29.8 Å². The van der Waals surface area contributed by atoms with Crippen molar-refractivity contribution in [1.29, 1.82) is 0 Å². The molecule has 0 radical (unpaired) electrons. The number of carbonyl (C=O) groups is 1. The molecule has 0 fully saturated rings. The van der Waals surface area contributed by atoms with Crippen LogP contribution in [0, 0.1) is 0 Å². The van der Waals surface area contributed by atoms with Gasteiger partial charge in [-0.05, 0) is 45.0 Å². The van der Waals surface area contributed by atoms with E-state index in [1.807, 2.05) is 38.1 Å². The second kappa shape index (κ2) is 8.64. The van der Waals surface area contributed by atoms with Crippen LogP contribution in [0.15, 0.2) is 24.3 Å². The molecule has 3 N–H and O–H groups in total. The molecule has 0 aliphatic rings. The van der Waals surface area contributed by atoms with Crippen molar-refractivity contribution in [3.63, 3.8) is 0 Å². The Bertz CT molecular complexity index is 432. The molecule has 1 atom stereocenters. The molecule has 0 spiro atoms. The van der Waals surface area contributed by atoms with Gasteiger partial charge < -0.3 is 20.6 Å². The van der Waals surface area contributed by atoms with Gasteiger partial charge in [0.05, 0.1) is 6.61 Å². The van der Waals surface area contributed by atoms with Crippen LogP contribution in [0.25, 0.3) is 0 Å². The summed E-state index contributed by atoms with van der Waals surface area (Å²) in [6.07, 6.45) is 0. The van der Waals surface area contributed by atoms with Gasteiger partial charge >= 0.3 is 6.03 Å². The lowest BCUT2D eigenvalue weighted by Gasteiger charge is -2.26. The summed E-state index contributed by atoms with van der Waals surface area (Å²) in [7, 11) is 0. The fourth-order valence-corrected chi connectivity index (χ4v) is 2.18. The summed E-state index contributed by atoms with van der Waals surface area (Å²) in [6, 6.07) is 7.97. The van der Waals surface area contributed by atoms with E-state index in [9.17, 15) is 4.79 Å². The van der Waals surface area contributed by atoms with Crippen molar-refractivity contribution in [1.82, 2.24) is 10.2 Å². The third-order valence-corrected chi connectivity index (χ3v) is 3.40. The molecule has 2 amide bonds. The zero-order valence-corrected chi connectivity index (χ0v) is 13.4. The van der Waals surface area contributed by atoms with E-state index < -0.39 is 0 Å². The fourth-order valence-electron chi connectivity index (χ4n) is 2.18. The van der Waals surface area contributed by atoms with Crippen molar-refractivity contribution >= 4 is 11.7 Å². The number of carbonyl (C=O) groups excluding carboxylic acids is 1. The summed E-state index contributed by atoms with van der Waals surface area (Å²) in [5.41, 5.74) is 1.95. The van der Waals surface area contributed by atoms with Crippen molar-refractivity contribution in [2.45, 2.75) is 39.8 Å². The van der Waals surface area contributed by atoms with Crippen molar-refractivity contribution in [3.8, 4) is 0 Å². The zero-order valence-electron chi connectivity index (χ0n) is 13.4. The SMILES string of the molecule is CCNC(C)c1ccc(NC(=O)N(CCO)C(C)C)cc1. The number of aliphatic hydroxyl groups is 1. The monoisotopic (exact) mass is 293 g/mol. The average molecular weight is 293 g/mol. The van der Waals surface area contributed by atoms with Gasteiger partial charge in [0.1, 0.15) is 0 Å². The van der Waals surface area contributed by atoms with Crippen molar-refractivity contribution in [2.24, 2.45) is 0 Å². The van der Waals surface area contributed by atoms with Gasteiger partial charge in [-0.1, -0.05) is 19.1 Å². The van der Waals surface area contributed by atoms with Crippen LogP contribution in [0.4, 0.5) is 10.5 Å². The first kappa shape index (κ1) is 17.5. The van der Waals surface area contributed by atoms with E-state index in [4.69, 9.17) is 5.11 Å². The highest BCUT2D eigenvalue weighted by Crippen LogP contribution is 2.16. The molecule has 0 aliphatic carbocycles. The third kappa shape index (κ3) is 5.36. The first-order valence-electron chi connectivity index (χ1n) is 7.51. The number of hydrogen-bond acceptors (Lipinski definition) is 3. The van der Waals surface area contributed by atoms with Gasteiger partial charge in [-0.25, -0.2) is 4.79 Å². The standard InChI is InChI=1S/C16H27N3O2/c1-5-17-13(4)14-6-8-15(9-7-14)18-16(21)19(10-11-20)12(2)3/h6-9,12-13,17,20H,5,10-11H2,1-4H3,(H,18,21). The molecule has 1 aromatic rings. The predicted octanol–water partition coefficient (Wildman–Crippen LogP) is 2.59. The van der Waals surface area contributed by atoms with Crippen molar-refractivity contribution < 1.29 is 9.90 Å². The Morgan fingerprint density at radius 2 is 1.86 bits per heavy atom. The second-order valence-corrected chi connectivity index (χ2v) is 5.34. The molecule has 21 heavy (non-hydrogen) atoms. The lowest BCUT2D eigenvalue weighted by Crippen LogP contribution is -2.41. The van der Waals surface area contributed by atoms with Gasteiger partial charge in [0.2, 0.25) is 0 Å². The Labute approximate surface area is 127 Å². The van der Waals surface area contributed by atoms with E-state index in [1.54, 1.807) is 4.90 Å². The Balaban J connectivity index is 2.68. The maximum atomic E-state index is 12.2. The lowest BCUT2D eigenvalue weighted by atomic mass is 10.1. The number of benzene rings is 1. The second-order valence-electron chi connectivity index (χ2n) is 5.34. The highest BCUT2D eigenvalue weighted by atomic mass is 16.3. The Hall–Kier alpha value is -1.59. The summed E-state index contributed by atoms with van der Waals surface area (Å²) < 4.78 is 0. The molecular weight excluding hydrogens is 266 g/mol. The van der Waals surface area contributed by atoms with Crippen LogP contribution in [0.1, 0.15) is 39.3 Å². The molecule has 0 bridgehead atoms. The van der Waals surface area contributed by atoms with E-state index in [0.717, 1.165) is 12.2 Å². The summed E-state index contributed by atoms with van der Waals surface area (Å²) in [5.74, 6) is 0. The minimum absolute atomic E-state index is 0.0370. The summed E-state index contributed by atoms with van der Waals surface area (Å²) in [4.78, 5) is 13.8. The normalized spacial score (nSPS) is 12.3. The van der Waals surface area contributed by atoms with Crippen LogP contribution in [0.2, 0.25) is 0 Å². The molecule has 5 nitrogen and oxygen atoms in total. The van der Waals surface area contributed by atoms with Gasteiger partial charge in [0.25, 0.3) is 0 Å². The molecule has 0 aliphatic heterocycles. The van der Waals surface area contributed by atoms with Crippen LogP contribution in [0.3, 0.4) is 0 Å².